The second-order valence-electron chi connectivity index (χ2n) is 4.02. The first-order chi connectivity index (χ1) is 7.83. The maximum absolute atomic E-state index is 6.23. The van der Waals surface area contributed by atoms with Crippen LogP contribution in [0.25, 0.3) is 0 Å². The van der Waals surface area contributed by atoms with E-state index in [1.54, 1.807) is 6.33 Å². The van der Waals surface area contributed by atoms with Crippen molar-refractivity contribution in [3.8, 4) is 11.8 Å². The Morgan fingerprint density at radius 1 is 1.75 bits per heavy atom. The number of ether oxygens (including phenoxy) is 1. The Morgan fingerprint density at radius 3 is 3.31 bits per heavy atom. The van der Waals surface area contributed by atoms with Crippen LogP contribution in [-0.4, -0.2) is 22.8 Å². The number of nitrogens with two attached hydrogens (primary N) is 1. The first-order valence-corrected chi connectivity index (χ1v) is 5.56. The summed E-state index contributed by atoms with van der Waals surface area (Å²) < 4.78 is 7.37. The minimum Gasteiger partial charge on any atom is -0.381 e. The number of imidazole rings is 1. The molecule has 0 radical (unpaired) electrons. The van der Waals surface area contributed by atoms with E-state index < -0.39 is 0 Å². The normalized spacial score (nSPS) is 21.5. The van der Waals surface area contributed by atoms with Crippen molar-refractivity contribution in [2.45, 2.75) is 25.9 Å². The summed E-state index contributed by atoms with van der Waals surface area (Å²) in [5.74, 6) is 6.31. The molecule has 2 unspecified atom stereocenters. The molecule has 0 spiro atoms. The van der Waals surface area contributed by atoms with Crippen LogP contribution in [0.5, 0.6) is 0 Å². The summed E-state index contributed by atoms with van der Waals surface area (Å²) in [4.78, 5) is 4.14. The van der Waals surface area contributed by atoms with E-state index in [1.807, 2.05) is 17.7 Å². The molecule has 1 aliphatic rings. The molecule has 1 aliphatic heterocycles. The molecule has 0 aromatic carbocycles. The van der Waals surface area contributed by atoms with Gasteiger partial charge in [-0.3, -0.25) is 0 Å². The van der Waals surface area contributed by atoms with Crippen LogP contribution in [0.15, 0.2) is 12.5 Å². The molecule has 0 bridgehead atoms. The van der Waals surface area contributed by atoms with Crippen LogP contribution in [-0.2, 0) is 11.3 Å². The zero-order chi connectivity index (χ0) is 11.4. The molecule has 1 saturated heterocycles. The molecular formula is C12H17N3O. The highest BCUT2D eigenvalue weighted by Gasteiger charge is 2.25. The van der Waals surface area contributed by atoms with E-state index in [0.29, 0.717) is 12.5 Å². The van der Waals surface area contributed by atoms with Gasteiger partial charge in [0.25, 0.3) is 0 Å². The molecule has 2 rings (SSSR count). The van der Waals surface area contributed by atoms with Crippen molar-refractivity contribution in [3.05, 3.63) is 18.2 Å². The predicted octanol–water partition coefficient (Wildman–Crippen LogP) is 0.943. The molecule has 4 nitrogen and oxygen atoms in total. The van der Waals surface area contributed by atoms with Crippen molar-refractivity contribution in [2.75, 3.05) is 13.2 Å². The van der Waals surface area contributed by atoms with Crippen LogP contribution in [0.4, 0.5) is 0 Å². The van der Waals surface area contributed by atoms with Gasteiger partial charge in [0, 0.05) is 18.7 Å². The topological polar surface area (TPSA) is 53.1 Å². The molecule has 1 aromatic heterocycles. The predicted molar refractivity (Wildman–Crippen MR) is 61.5 cm³/mol. The van der Waals surface area contributed by atoms with E-state index in [1.165, 1.54) is 0 Å². The maximum Gasteiger partial charge on any atom is 0.0957 e. The highest BCUT2D eigenvalue weighted by molar-refractivity contribution is 5.09. The Bertz CT molecular complexity index is 396. The van der Waals surface area contributed by atoms with Crippen LogP contribution < -0.4 is 5.73 Å². The lowest BCUT2D eigenvalue weighted by molar-refractivity contribution is 0.180. The van der Waals surface area contributed by atoms with Gasteiger partial charge < -0.3 is 15.0 Å². The van der Waals surface area contributed by atoms with Gasteiger partial charge in [-0.25, -0.2) is 4.98 Å². The van der Waals surface area contributed by atoms with E-state index in [-0.39, 0.29) is 6.04 Å². The number of rotatable bonds is 3. The second kappa shape index (κ2) is 5.15. The molecule has 2 atom stereocenters. The van der Waals surface area contributed by atoms with Gasteiger partial charge in [0.2, 0.25) is 0 Å². The first kappa shape index (κ1) is 11.2. The molecule has 0 amide bonds. The van der Waals surface area contributed by atoms with Crippen molar-refractivity contribution < 1.29 is 4.74 Å². The molecule has 16 heavy (non-hydrogen) atoms. The van der Waals surface area contributed by atoms with E-state index in [0.717, 1.165) is 25.3 Å². The third-order valence-corrected chi connectivity index (χ3v) is 2.98. The molecule has 0 aliphatic carbocycles. The first-order valence-electron chi connectivity index (χ1n) is 5.56. The number of nitrogens with zero attached hydrogens (tertiary/aromatic N) is 2. The van der Waals surface area contributed by atoms with E-state index >= 15 is 0 Å². The number of hydrogen-bond acceptors (Lipinski definition) is 3. The molecule has 1 aromatic rings. The monoisotopic (exact) mass is 219 g/mol. The Labute approximate surface area is 95.8 Å². The SMILES string of the molecule is CC#CCn1cncc1C(N)C1CCOC1. The van der Waals surface area contributed by atoms with E-state index in [2.05, 4.69) is 16.8 Å². The van der Waals surface area contributed by atoms with E-state index in [4.69, 9.17) is 10.5 Å². The fourth-order valence-corrected chi connectivity index (χ4v) is 1.98. The van der Waals surface area contributed by atoms with Crippen molar-refractivity contribution in [2.24, 2.45) is 11.7 Å². The lowest BCUT2D eigenvalue weighted by atomic mass is 9.97. The molecule has 2 heterocycles. The van der Waals surface area contributed by atoms with Crippen LogP contribution in [0.2, 0.25) is 0 Å². The summed E-state index contributed by atoms with van der Waals surface area (Å²) in [6.45, 7) is 4.07. The lowest BCUT2D eigenvalue weighted by Gasteiger charge is -2.18. The van der Waals surface area contributed by atoms with E-state index in [9.17, 15) is 0 Å². The summed E-state index contributed by atoms with van der Waals surface area (Å²) in [6.07, 6.45) is 4.65. The van der Waals surface area contributed by atoms with Gasteiger partial charge >= 0.3 is 0 Å². The van der Waals surface area contributed by atoms with Gasteiger partial charge in [0.1, 0.15) is 0 Å². The maximum atomic E-state index is 6.23. The van der Waals surface area contributed by atoms with Crippen LogP contribution >= 0.6 is 0 Å². The van der Waals surface area contributed by atoms with Crippen molar-refractivity contribution in [1.82, 2.24) is 9.55 Å². The Balaban J connectivity index is 2.11. The van der Waals surface area contributed by atoms with Gasteiger partial charge in [-0.15, -0.1) is 5.92 Å². The number of aromatic nitrogens is 2. The molecule has 1 fully saturated rings. The quantitative estimate of drug-likeness (QED) is 0.770. The van der Waals surface area contributed by atoms with Crippen molar-refractivity contribution >= 4 is 0 Å². The van der Waals surface area contributed by atoms with Crippen LogP contribution in [0.3, 0.4) is 0 Å². The summed E-state index contributed by atoms with van der Waals surface area (Å²) in [7, 11) is 0. The molecule has 4 heteroatoms. The summed E-state index contributed by atoms with van der Waals surface area (Å²) in [5.41, 5.74) is 7.28. The Morgan fingerprint density at radius 2 is 2.62 bits per heavy atom. The zero-order valence-corrected chi connectivity index (χ0v) is 9.52. The smallest absolute Gasteiger partial charge is 0.0957 e. The summed E-state index contributed by atoms with van der Waals surface area (Å²) in [6, 6.07) is 0.00339. The standard InChI is InChI=1S/C12H17N3O/c1-2-3-5-15-9-14-7-11(15)12(13)10-4-6-16-8-10/h7,9-10,12H,4-6,8,13H2,1H3. The van der Waals surface area contributed by atoms with Crippen LogP contribution in [0.1, 0.15) is 25.1 Å². The molecular weight excluding hydrogens is 202 g/mol. The Kier molecular flexibility index (Phi) is 3.60. The van der Waals surface area contributed by atoms with Crippen LogP contribution in [0, 0.1) is 17.8 Å². The molecule has 2 N–H and O–H groups in total. The summed E-state index contributed by atoms with van der Waals surface area (Å²) >= 11 is 0. The molecule has 0 saturated carbocycles. The minimum atomic E-state index is 0.00339. The zero-order valence-electron chi connectivity index (χ0n) is 9.52. The fourth-order valence-electron chi connectivity index (χ4n) is 1.98. The van der Waals surface area contributed by atoms with Gasteiger partial charge in [-0.05, 0) is 13.3 Å². The van der Waals surface area contributed by atoms with Gasteiger partial charge in [0.05, 0.1) is 31.2 Å². The average molecular weight is 219 g/mol. The lowest BCUT2D eigenvalue weighted by Crippen LogP contribution is -2.24. The largest absolute Gasteiger partial charge is 0.381 e. The highest BCUT2D eigenvalue weighted by atomic mass is 16.5. The van der Waals surface area contributed by atoms with Gasteiger partial charge in [-0.2, -0.15) is 0 Å². The average Bonchev–Trinajstić information content (AvgIpc) is 2.96. The Hall–Kier alpha value is -1.31. The van der Waals surface area contributed by atoms with Crippen molar-refractivity contribution in [1.29, 1.82) is 0 Å². The third kappa shape index (κ3) is 2.26. The molecule has 86 valence electrons. The van der Waals surface area contributed by atoms with Gasteiger partial charge in [0.15, 0.2) is 0 Å². The van der Waals surface area contributed by atoms with Crippen molar-refractivity contribution in [3.63, 3.8) is 0 Å². The second-order valence-corrected chi connectivity index (χ2v) is 4.02. The number of hydrogen-bond donors (Lipinski definition) is 1. The minimum absolute atomic E-state index is 0.00339. The fraction of sp³-hybridized carbons (Fsp3) is 0.583. The summed E-state index contributed by atoms with van der Waals surface area (Å²) in [5, 5.41) is 0. The highest BCUT2D eigenvalue weighted by Crippen LogP contribution is 2.26. The third-order valence-electron chi connectivity index (χ3n) is 2.98. The van der Waals surface area contributed by atoms with Gasteiger partial charge in [-0.1, -0.05) is 5.92 Å².